The molecule has 2 amide bonds. The van der Waals surface area contributed by atoms with Gasteiger partial charge in [0.1, 0.15) is 0 Å². The summed E-state index contributed by atoms with van der Waals surface area (Å²) in [5.41, 5.74) is 15.8. The number of para-hydroxylation sites is 2. The minimum absolute atomic E-state index is 0.369. The maximum absolute atomic E-state index is 12.1. The van der Waals surface area contributed by atoms with Gasteiger partial charge in [-0.3, -0.25) is 0 Å². The highest BCUT2D eigenvalue weighted by Gasteiger charge is 2.10. The fourth-order valence-electron chi connectivity index (χ4n) is 1.98. The van der Waals surface area contributed by atoms with Crippen LogP contribution < -0.4 is 22.1 Å². The van der Waals surface area contributed by atoms with Gasteiger partial charge in [0.25, 0.3) is 0 Å². The van der Waals surface area contributed by atoms with Crippen molar-refractivity contribution >= 4 is 28.8 Å². The molecule has 0 radical (unpaired) electrons. The number of aryl methyl sites for hydroxylation is 2. The lowest BCUT2D eigenvalue weighted by Gasteiger charge is -2.14. The van der Waals surface area contributed by atoms with Crippen molar-refractivity contribution in [1.29, 1.82) is 0 Å². The summed E-state index contributed by atoms with van der Waals surface area (Å²) in [6.45, 7) is 3.77. The molecule has 0 heterocycles. The molecule has 0 saturated heterocycles. The highest BCUT2D eigenvalue weighted by molar-refractivity contribution is 6.04. The molecule has 0 saturated carbocycles. The summed E-state index contributed by atoms with van der Waals surface area (Å²) in [7, 11) is 0. The molecule has 0 fully saturated rings. The molecule has 0 aliphatic heterocycles. The SMILES string of the molecule is Cc1cccc(N)c1NC(=O)Nc1c(C)cccc1N. The fourth-order valence-corrected chi connectivity index (χ4v) is 1.98. The van der Waals surface area contributed by atoms with Crippen molar-refractivity contribution in [1.82, 2.24) is 0 Å². The monoisotopic (exact) mass is 270 g/mol. The molecule has 20 heavy (non-hydrogen) atoms. The van der Waals surface area contributed by atoms with Gasteiger partial charge in [0.2, 0.25) is 0 Å². The lowest BCUT2D eigenvalue weighted by molar-refractivity contribution is 0.262. The third-order valence-electron chi connectivity index (χ3n) is 3.09. The molecular weight excluding hydrogens is 252 g/mol. The van der Waals surface area contributed by atoms with Gasteiger partial charge in [0.15, 0.2) is 0 Å². The van der Waals surface area contributed by atoms with E-state index in [1.165, 1.54) is 0 Å². The zero-order chi connectivity index (χ0) is 14.7. The number of anilines is 4. The summed E-state index contributed by atoms with van der Waals surface area (Å²) >= 11 is 0. The van der Waals surface area contributed by atoms with E-state index in [9.17, 15) is 4.79 Å². The van der Waals surface area contributed by atoms with Gasteiger partial charge in [-0.15, -0.1) is 0 Å². The predicted octanol–water partition coefficient (Wildman–Crippen LogP) is 3.11. The first-order valence-corrected chi connectivity index (χ1v) is 6.27. The van der Waals surface area contributed by atoms with Crippen molar-refractivity contribution in [2.75, 3.05) is 22.1 Å². The average molecular weight is 270 g/mol. The molecule has 0 aliphatic carbocycles. The van der Waals surface area contributed by atoms with E-state index in [1.807, 2.05) is 38.1 Å². The predicted molar refractivity (Wildman–Crippen MR) is 83.8 cm³/mol. The third kappa shape index (κ3) is 2.83. The van der Waals surface area contributed by atoms with Crippen LogP contribution in [0.5, 0.6) is 0 Å². The Morgan fingerprint density at radius 2 is 1.25 bits per heavy atom. The van der Waals surface area contributed by atoms with Gasteiger partial charge in [-0.25, -0.2) is 4.79 Å². The van der Waals surface area contributed by atoms with Gasteiger partial charge in [-0.1, -0.05) is 24.3 Å². The molecule has 0 bridgehead atoms. The summed E-state index contributed by atoms with van der Waals surface area (Å²) in [6.07, 6.45) is 0. The molecule has 0 atom stereocenters. The maximum atomic E-state index is 12.1. The van der Waals surface area contributed by atoms with E-state index in [4.69, 9.17) is 11.5 Å². The number of hydrogen-bond acceptors (Lipinski definition) is 3. The molecule has 2 rings (SSSR count). The largest absolute Gasteiger partial charge is 0.397 e. The second kappa shape index (κ2) is 5.52. The van der Waals surface area contributed by atoms with E-state index in [1.54, 1.807) is 12.1 Å². The van der Waals surface area contributed by atoms with E-state index in [0.717, 1.165) is 11.1 Å². The van der Waals surface area contributed by atoms with Crippen LogP contribution in [0.25, 0.3) is 0 Å². The first-order chi connectivity index (χ1) is 9.49. The summed E-state index contributed by atoms with van der Waals surface area (Å²) in [5, 5.41) is 5.50. The highest BCUT2D eigenvalue weighted by Crippen LogP contribution is 2.25. The Labute approximate surface area is 118 Å². The van der Waals surface area contributed by atoms with E-state index in [0.29, 0.717) is 22.7 Å². The van der Waals surface area contributed by atoms with Crippen LogP contribution in [0.2, 0.25) is 0 Å². The van der Waals surface area contributed by atoms with Crippen LogP contribution in [0.3, 0.4) is 0 Å². The van der Waals surface area contributed by atoms with Crippen molar-refractivity contribution in [2.24, 2.45) is 0 Å². The Kier molecular flexibility index (Phi) is 3.79. The van der Waals surface area contributed by atoms with Crippen molar-refractivity contribution in [3.8, 4) is 0 Å². The molecule has 6 N–H and O–H groups in total. The average Bonchev–Trinajstić information content (AvgIpc) is 2.39. The molecule has 5 nitrogen and oxygen atoms in total. The number of rotatable bonds is 2. The minimum Gasteiger partial charge on any atom is -0.397 e. The van der Waals surface area contributed by atoms with Gasteiger partial charge >= 0.3 is 6.03 Å². The molecule has 2 aromatic carbocycles. The topological polar surface area (TPSA) is 93.2 Å². The summed E-state index contributed by atoms with van der Waals surface area (Å²) in [5.74, 6) is 0. The van der Waals surface area contributed by atoms with Crippen LogP contribution in [0.15, 0.2) is 36.4 Å². The molecule has 2 aromatic rings. The van der Waals surface area contributed by atoms with Crippen LogP contribution in [0.4, 0.5) is 27.5 Å². The Bertz CT molecular complexity index is 556. The fraction of sp³-hybridized carbons (Fsp3) is 0.133. The first kappa shape index (κ1) is 13.7. The molecular formula is C15H18N4O. The number of nitrogen functional groups attached to an aromatic ring is 2. The normalized spacial score (nSPS) is 10.1. The zero-order valence-electron chi connectivity index (χ0n) is 11.5. The number of nitrogens with two attached hydrogens (primary N) is 2. The number of carbonyl (C=O) groups is 1. The first-order valence-electron chi connectivity index (χ1n) is 6.27. The summed E-state index contributed by atoms with van der Waals surface area (Å²) in [4.78, 5) is 12.1. The van der Waals surface area contributed by atoms with Gasteiger partial charge in [-0.2, -0.15) is 0 Å². The van der Waals surface area contributed by atoms with Crippen LogP contribution in [0, 0.1) is 13.8 Å². The highest BCUT2D eigenvalue weighted by atomic mass is 16.2. The number of benzene rings is 2. The number of urea groups is 1. The second-order valence-electron chi connectivity index (χ2n) is 4.66. The third-order valence-corrected chi connectivity index (χ3v) is 3.09. The van der Waals surface area contributed by atoms with Crippen LogP contribution in [-0.4, -0.2) is 6.03 Å². The number of carbonyl (C=O) groups excluding carboxylic acids is 1. The van der Waals surface area contributed by atoms with Crippen LogP contribution in [-0.2, 0) is 0 Å². The van der Waals surface area contributed by atoms with Crippen LogP contribution in [0.1, 0.15) is 11.1 Å². The van der Waals surface area contributed by atoms with Crippen molar-refractivity contribution in [3.05, 3.63) is 47.5 Å². The van der Waals surface area contributed by atoms with Crippen molar-refractivity contribution in [3.63, 3.8) is 0 Å². The van der Waals surface area contributed by atoms with Gasteiger partial charge in [-0.05, 0) is 37.1 Å². The number of amides is 2. The second-order valence-corrected chi connectivity index (χ2v) is 4.66. The summed E-state index contributed by atoms with van der Waals surface area (Å²) in [6, 6.07) is 10.6. The molecule has 0 unspecified atom stereocenters. The lowest BCUT2D eigenvalue weighted by atomic mass is 10.1. The lowest BCUT2D eigenvalue weighted by Crippen LogP contribution is -2.22. The maximum Gasteiger partial charge on any atom is 0.323 e. The molecule has 5 heteroatoms. The van der Waals surface area contributed by atoms with Gasteiger partial charge in [0, 0.05) is 0 Å². The van der Waals surface area contributed by atoms with Crippen molar-refractivity contribution < 1.29 is 4.79 Å². The Morgan fingerprint density at radius 3 is 1.60 bits per heavy atom. The molecule has 0 aromatic heterocycles. The Hall–Kier alpha value is -2.69. The number of nitrogens with one attached hydrogen (secondary N) is 2. The smallest absolute Gasteiger partial charge is 0.323 e. The molecule has 104 valence electrons. The quantitative estimate of drug-likeness (QED) is 0.632. The van der Waals surface area contributed by atoms with E-state index in [-0.39, 0.29) is 6.03 Å². The Balaban J connectivity index is 2.18. The van der Waals surface area contributed by atoms with Gasteiger partial charge < -0.3 is 22.1 Å². The number of hydrogen-bond donors (Lipinski definition) is 4. The van der Waals surface area contributed by atoms with Crippen molar-refractivity contribution in [2.45, 2.75) is 13.8 Å². The Morgan fingerprint density at radius 1 is 0.850 bits per heavy atom. The van der Waals surface area contributed by atoms with E-state index in [2.05, 4.69) is 10.6 Å². The van der Waals surface area contributed by atoms with E-state index >= 15 is 0 Å². The molecule has 0 aliphatic rings. The standard InChI is InChI=1S/C15H18N4O/c1-9-5-3-7-11(16)13(9)18-15(20)19-14-10(2)6-4-8-12(14)17/h3-8H,16-17H2,1-2H3,(H2,18,19,20). The van der Waals surface area contributed by atoms with Crippen LogP contribution >= 0.6 is 0 Å². The summed E-state index contributed by atoms with van der Waals surface area (Å²) < 4.78 is 0. The molecule has 0 spiro atoms. The zero-order valence-corrected chi connectivity index (χ0v) is 11.5. The minimum atomic E-state index is -0.369. The van der Waals surface area contributed by atoms with E-state index < -0.39 is 0 Å². The van der Waals surface area contributed by atoms with Gasteiger partial charge in [0.05, 0.1) is 22.7 Å².